The van der Waals surface area contributed by atoms with Crippen LogP contribution in [0.2, 0.25) is 0 Å². The number of hydrogen-bond donors (Lipinski definition) is 2. The molecule has 0 spiro atoms. The van der Waals surface area contributed by atoms with Crippen LogP contribution in [0.5, 0.6) is 0 Å². The standard InChI is InChI=1S/C22H24N4O3S/c1-13(18-6-7-19(30-18)22(28)26-8-10-29-11-9-26)23-21(27)15-12-14(15)20-24-16-4-2-3-5-17(16)25-20/h2-7,13-15H,8-12H2,1H3,(H,23,27)(H,24,25)/t13-,14?,15?/m1/s1. The highest BCUT2D eigenvalue weighted by Gasteiger charge is 2.46. The summed E-state index contributed by atoms with van der Waals surface area (Å²) in [5.74, 6) is 1.06. The molecule has 1 aromatic carbocycles. The van der Waals surface area contributed by atoms with Crippen molar-refractivity contribution in [2.24, 2.45) is 5.92 Å². The quantitative estimate of drug-likeness (QED) is 0.659. The molecule has 2 amide bonds. The van der Waals surface area contributed by atoms with Gasteiger partial charge >= 0.3 is 0 Å². The number of rotatable bonds is 5. The average molecular weight is 425 g/mol. The van der Waals surface area contributed by atoms with Crippen LogP contribution in [0.15, 0.2) is 36.4 Å². The maximum Gasteiger partial charge on any atom is 0.264 e. The molecule has 5 rings (SSSR count). The van der Waals surface area contributed by atoms with Crippen molar-refractivity contribution in [1.82, 2.24) is 20.2 Å². The molecule has 2 aromatic heterocycles. The average Bonchev–Trinajstić information content (AvgIpc) is 3.21. The van der Waals surface area contributed by atoms with Crippen LogP contribution >= 0.6 is 11.3 Å². The van der Waals surface area contributed by atoms with Gasteiger partial charge in [0.1, 0.15) is 5.82 Å². The van der Waals surface area contributed by atoms with Crippen molar-refractivity contribution in [3.63, 3.8) is 0 Å². The van der Waals surface area contributed by atoms with Gasteiger partial charge in [0, 0.05) is 29.8 Å². The van der Waals surface area contributed by atoms with E-state index < -0.39 is 0 Å². The van der Waals surface area contributed by atoms with E-state index >= 15 is 0 Å². The van der Waals surface area contributed by atoms with E-state index in [1.54, 1.807) is 0 Å². The van der Waals surface area contributed by atoms with Gasteiger partial charge in [0.05, 0.1) is 35.2 Å². The lowest BCUT2D eigenvalue weighted by Crippen LogP contribution is -2.40. The first kappa shape index (κ1) is 19.3. The first-order valence-electron chi connectivity index (χ1n) is 10.3. The zero-order chi connectivity index (χ0) is 20.7. The number of amides is 2. The zero-order valence-corrected chi connectivity index (χ0v) is 17.6. The van der Waals surface area contributed by atoms with Gasteiger partial charge in [0.2, 0.25) is 5.91 Å². The topological polar surface area (TPSA) is 87.3 Å². The summed E-state index contributed by atoms with van der Waals surface area (Å²) in [6.07, 6.45) is 0.809. The van der Waals surface area contributed by atoms with E-state index in [0.717, 1.165) is 28.2 Å². The molecule has 2 fully saturated rings. The van der Waals surface area contributed by atoms with E-state index in [1.165, 1.54) is 11.3 Å². The molecule has 3 aromatic rings. The van der Waals surface area contributed by atoms with Gasteiger partial charge in [0.25, 0.3) is 5.91 Å². The SMILES string of the molecule is C[C@@H](NC(=O)C1CC1c1nc2ccccc2[nH]1)c1ccc(C(=O)N2CCOCC2)s1. The summed E-state index contributed by atoms with van der Waals surface area (Å²) >= 11 is 1.45. The first-order valence-corrected chi connectivity index (χ1v) is 11.1. The molecule has 2 aliphatic rings. The summed E-state index contributed by atoms with van der Waals surface area (Å²) < 4.78 is 5.31. The molecule has 156 valence electrons. The van der Waals surface area contributed by atoms with Crippen LogP contribution in [0.25, 0.3) is 11.0 Å². The Morgan fingerprint density at radius 1 is 1.23 bits per heavy atom. The van der Waals surface area contributed by atoms with Crippen LogP contribution in [0.4, 0.5) is 0 Å². The number of imidazole rings is 1. The lowest BCUT2D eigenvalue weighted by Gasteiger charge is -2.26. The molecule has 3 heterocycles. The number of ether oxygens (including phenoxy) is 1. The molecule has 1 aliphatic heterocycles. The van der Waals surface area contributed by atoms with Gasteiger partial charge in [-0.1, -0.05) is 12.1 Å². The summed E-state index contributed by atoms with van der Waals surface area (Å²) in [6.45, 7) is 4.40. The summed E-state index contributed by atoms with van der Waals surface area (Å²) in [5, 5.41) is 3.11. The van der Waals surface area contributed by atoms with E-state index in [9.17, 15) is 9.59 Å². The third-order valence-corrected chi connectivity index (χ3v) is 7.06. The van der Waals surface area contributed by atoms with Gasteiger partial charge < -0.3 is 19.9 Å². The van der Waals surface area contributed by atoms with Crippen molar-refractivity contribution in [2.45, 2.75) is 25.3 Å². The Balaban J connectivity index is 1.19. The predicted octanol–water partition coefficient (Wildman–Crippen LogP) is 3.08. The Morgan fingerprint density at radius 3 is 2.83 bits per heavy atom. The van der Waals surface area contributed by atoms with E-state index in [0.29, 0.717) is 31.2 Å². The number of fused-ring (bicyclic) bond motifs is 1. The highest BCUT2D eigenvalue weighted by molar-refractivity contribution is 7.14. The van der Waals surface area contributed by atoms with Gasteiger partial charge in [-0.3, -0.25) is 9.59 Å². The number of carbonyl (C=O) groups excluding carboxylic acids is 2. The molecule has 1 saturated carbocycles. The largest absolute Gasteiger partial charge is 0.378 e. The Hall–Kier alpha value is -2.71. The van der Waals surface area contributed by atoms with Gasteiger partial charge in [-0.25, -0.2) is 4.98 Å². The highest BCUT2D eigenvalue weighted by Crippen LogP contribution is 2.47. The van der Waals surface area contributed by atoms with Gasteiger partial charge in [-0.05, 0) is 37.6 Å². The second kappa shape index (κ2) is 7.85. The number of carbonyl (C=O) groups is 2. The summed E-state index contributed by atoms with van der Waals surface area (Å²) in [7, 11) is 0. The Kier molecular flexibility index (Phi) is 5.04. The molecule has 2 N–H and O–H groups in total. The minimum Gasteiger partial charge on any atom is -0.378 e. The van der Waals surface area contributed by atoms with Crippen LogP contribution in [0, 0.1) is 5.92 Å². The van der Waals surface area contributed by atoms with Crippen molar-refractivity contribution in [2.75, 3.05) is 26.3 Å². The molecule has 1 saturated heterocycles. The van der Waals surface area contributed by atoms with Crippen LogP contribution < -0.4 is 5.32 Å². The number of thiophene rings is 1. The third kappa shape index (κ3) is 3.73. The molecular formula is C22H24N4O3S. The second-order valence-corrected chi connectivity index (χ2v) is 9.04. The maximum absolute atomic E-state index is 12.7. The summed E-state index contributed by atoms with van der Waals surface area (Å²) in [5.41, 5.74) is 1.94. The van der Waals surface area contributed by atoms with Crippen molar-refractivity contribution >= 4 is 34.2 Å². The lowest BCUT2D eigenvalue weighted by molar-refractivity contribution is -0.123. The molecule has 1 aliphatic carbocycles. The fourth-order valence-corrected chi connectivity index (χ4v) is 4.93. The fraction of sp³-hybridized carbons (Fsp3) is 0.409. The van der Waals surface area contributed by atoms with Crippen LogP contribution in [0.1, 0.15) is 45.7 Å². The monoisotopic (exact) mass is 424 g/mol. The number of nitrogens with one attached hydrogen (secondary N) is 2. The Morgan fingerprint density at radius 2 is 2.03 bits per heavy atom. The number of aromatic nitrogens is 2. The van der Waals surface area contributed by atoms with Crippen molar-refractivity contribution in [3.8, 4) is 0 Å². The number of para-hydroxylation sites is 2. The van der Waals surface area contributed by atoms with Crippen molar-refractivity contribution in [3.05, 3.63) is 52.0 Å². The molecule has 2 unspecified atom stereocenters. The number of H-pyrrole nitrogens is 1. The smallest absolute Gasteiger partial charge is 0.264 e. The third-order valence-electron chi connectivity index (χ3n) is 5.81. The summed E-state index contributed by atoms with van der Waals surface area (Å²) in [4.78, 5) is 36.9. The van der Waals surface area contributed by atoms with E-state index in [4.69, 9.17) is 4.74 Å². The first-order chi connectivity index (χ1) is 14.6. The van der Waals surface area contributed by atoms with Gasteiger partial charge in [0.15, 0.2) is 0 Å². The molecule has 7 nitrogen and oxygen atoms in total. The van der Waals surface area contributed by atoms with E-state index in [-0.39, 0.29) is 29.7 Å². The molecule has 0 bridgehead atoms. The van der Waals surface area contributed by atoms with Crippen LogP contribution in [-0.2, 0) is 9.53 Å². The highest BCUT2D eigenvalue weighted by atomic mass is 32.1. The molecule has 0 radical (unpaired) electrons. The fourth-order valence-electron chi connectivity index (χ4n) is 3.95. The predicted molar refractivity (Wildman–Crippen MR) is 115 cm³/mol. The van der Waals surface area contributed by atoms with E-state index in [1.807, 2.05) is 48.2 Å². The molecule has 8 heteroatoms. The molecular weight excluding hydrogens is 400 g/mol. The van der Waals surface area contributed by atoms with Crippen molar-refractivity contribution in [1.29, 1.82) is 0 Å². The Bertz CT molecular complexity index is 1050. The van der Waals surface area contributed by atoms with Gasteiger partial charge in [-0.2, -0.15) is 0 Å². The minimum absolute atomic E-state index is 0.0419. The maximum atomic E-state index is 12.7. The normalized spacial score (nSPS) is 22.1. The zero-order valence-electron chi connectivity index (χ0n) is 16.8. The number of hydrogen-bond acceptors (Lipinski definition) is 5. The van der Waals surface area contributed by atoms with Crippen molar-refractivity contribution < 1.29 is 14.3 Å². The number of morpholine rings is 1. The lowest BCUT2D eigenvalue weighted by atomic mass is 10.2. The van der Waals surface area contributed by atoms with Gasteiger partial charge in [-0.15, -0.1) is 11.3 Å². The minimum atomic E-state index is -0.134. The summed E-state index contributed by atoms with van der Waals surface area (Å²) in [6, 6.07) is 11.6. The number of aromatic amines is 1. The second-order valence-electron chi connectivity index (χ2n) is 7.92. The number of benzene rings is 1. The van der Waals surface area contributed by atoms with Crippen LogP contribution in [0.3, 0.4) is 0 Å². The molecule has 3 atom stereocenters. The van der Waals surface area contributed by atoms with Crippen LogP contribution in [-0.4, -0.2) is 53.0 Å². The Labute approximate surface area is 178 Å². The van der Waals surface area contributed by atoms with E-state index in [2.05, 4.69) is 15.3 Å². The molecule has 30 heavy (non-hydrogen) atoms. The number of nitrogens with zero attached hydrogens (tertiary/aromatic N) is 2.